The van der Waals surface area contributed by atoms with Crippen molar-refractivity contribution in [3.8, 4) is 28.5 Å². The van der Waals surface area contributed by atoms with E-state index in [0.29, 0.717) is 5.82 Å². The molecule has 3 heterocycles. The van der Waals surface area contributed by atoms with E-state index in [2.05, 4.69) is 27.4 Å². The predicted octanol–water partition coefficient (Wildman–Crippen LogP) is 4.57. The van der Waals surface area contributed by atoms with Crippen molar-refractivity contribution in [3.63, 3.8) is 0 Å². The van der Waals surface area contributed by atoms with Gasteiger partial charge in [0.15, 0.2) is 5.82 Å². The van der Waals surface area contributed by atoms with E-state index in [1.165, 1.54) is 5.56 Å². The standard InChI is InChI=1S/C24H23N5O/c1-17-5-3-7-21(27-17)24-28-22(19-6-4-13-25-16-19)15-23(29-24)26-14-12-18-8-10-20(30-2)11-9-18/h3-11,13,15-16H,12,14H2,1-2H3,(H,26,28,29). The van der Waals surface area contributed by atoms with E-state index in [0.717, 1.165) is 47.2 Å². The fourth-order valence-corrected chi connectivity index (χ4v) is 3.11. The molecule has 0 amide bonds. The second kappa shape index (κ2) is 9.13. The Morgan fingerprint density at radius 1 is 0.900 bits per heavy atom. The molecule has 150 valence electrons. The van der Waals surface area contributed by atoms with Gasteiger partial charge in [-0.15, -0.1) is 0 Å². The number of hydrogen-bond acceptors (Lipinski definition) is 6. The maximum absolute atomic E-state index is 5.22. The largest absolute Gasteiger partial charge is 0.497 e. The molecule has 3 aromatic heterocycles. The van der Waals surface area contributed by atoms with Crippen LogP contribution in [-0.2, 0) is 6.42 Å². The molecule has 0 atom stereocenters. The Hall–Kier alpha value is -3.80. The van der Waals surface area contributed by atoms with Crippen molar-refractivity contribution in [2.75, 3.05) is 19.0 Å². The lowest BCUT2D eigenvalue weighted by Crippen LogP contribution is -2.08. The highest BCUT2D eigenvalue weighted by atomic mass is 16.5. The molecule has 0 fully saturated rings. The SMILES string of the molecule is COc1ccc(CCNc2cc(-c3cccnc3)nc(-c3cccc(C)n3)n2)cc1. The molecule has 0 aliphatic heterocycles. The van der Waals surface area contributed by atoms with Gasteiger partial charge in [-0.2, -0.15) is 0 Å². The van der Waals surface area contributed by atoms with Gasteiger partial charge in [0.2, 0.25) is 0 Å². The third-order valence-corrected chi connectivity index (χ3v) is 4.68. The molecule has 4 aromatic rings. The first-order valence-corrected chi connectivity index (χ1v) is 9.81. The van der Waals surface area contributed by atoms with E-state index in [-0.39, 0.29) is 0 Å². The molecule has 30 heavy (non-hydrogen) atoms. The van der Waals surface area contributed by atoms with Gasteiger partial charge in [0.05, 0.1) is 12.8 Å². The summed E-state index contributed by atoms with van der Waals surface area (Å²) in [6, 6.07) is 19.8. The second-order valence-electron chi connectivity index (χ2n) is 6.89. The predicted molar refractivity (Wildman–Crippen MR) is 118 cm³/mol. The van der Waals surface area contributed by atoms with Crippen LogP contribution in [0.1, 0.15) is 11.3 Å². The molecule has 0 bridgehead atoms. The van der Waals surface area contributed by atoms with Crippen LogP contribution in [0.25, 0.3) is 22.8 Å². The van der Waals surface area contributed by atoms with E-state index >= 15 is 0 Å². The molecule has 0 spiro atoms. The molecular weight excluding hydrogens is 374 g/mol. The van der Waals surface area contributed by atoms with Crippen molar-refractivity contribution in [2.24, 2.45) is 0 Å². The molecule has 0 aliphatic rings. The van der Waals surface area contributed by atoms with Gasteiger partial charge in [0.1, 0.15) is 17.3 Å². The number of pyridine rings is 2. The van der Waals surface area contributed by atoms with Crippen LogP contribution in [0.2, 0.25) is 0 Å². The van der Waals surface area contributed by atoms with Gasteiger partial charge >= 0.3 is 0 Å². The topological polar surface area (TPSA) is 72.8 Å². The third kappa shape index (κ3) is 4.78. The quantitative estimate of drug-likeness (QED) is 0.492. The normalized spacial score (nSPS) is 10.6. The van der Waals surface area contributed by atoms with E-state index in [4.69, 9.17) is 14.7 Å². The number of benzene rings is 1. The molecular formula is C24H23N5O. The van der Waals surface area contributed by atoms with Gasteiger partial charge in [0, 0.05) is 36.3 Å². The van der Waals surface area contributed by atoms with Crippen LogP contribution in [0.15, 0.2) is 73.1 Å². The number of rotatable bonds is 7. The monoisotopic (exact) mass is 397 g/mol. The zero-order valence-electron chi connectivity index (χ0n) is 17.0. The minimum atomic E-state index is 0.590. The lowest BCUT2D eigenvalue weighted by Gasteiger charge is -2.11. The molecule has 0 radical (unpaired) electrons. The maximum atomic E-state index is 5.22. The third-order valence-electron chi connectivity index (χ3n) is 4.68. The molecule has 1 aromatic carbocycles. The average molecular weight is 397 g/mol. The number of ether oxygens (including phenoxy) is 1. The van der Waals surface area contributed by atoms with Crippen LogP contribution in [0.3, 0.4) is 0 Å². The summed E-state index contributed by atoms with van der Waals surface area (Å²) in [5.41, 5.74) is 4.65. The summed E-state index contributed by atoms with van der Waals surface area (Å²) >= 11 is 0. The summed E-state index contributed by atoms with van der Waals surface area (Å²) in [6.07, 6.45) is 4.42. The van der Waals surface area contributed by atoms with Crippen LogP contribution in [0.5, 0.6) is 5.75 Å². The highest BCUT2D eigenvalue weighted by Gasteiger charge is 2.10. The van der Waals surface area contributed by atoms with Crippen molar-refractivity contribution in [1.82, 2.24) is 19.9 Å². The van der Waals surface area contributed by atoms with Crippen LogP contribution in [-0.4, -0.2) is 33.6 Å². The molecule has 0 saturated heterocycles. The lowest BCUT2D eigenvalue weighted by atomic mass is 10.1. The summed E-state index contributed by atoms with van der Waals surface area (Å²) in [4.78, 5) is 18.2. The van der Waals surface area contributed by atoms with Crippen molar-refractivity contribution < 1.29 is 4.74 Å². The highest BCUT2D eigenvalue weighted by molar-refractivity contribution is 5.65. The Kier molecular flexibility index (Phi) is 5.94. The summed E-state index contributed by atoms with van der Waals surface area (Å²) in [5, 5.41) is 3.43. The number of nitrogens with zero attached hydrogens (tertiary/aromatic N) is 4. The Balaban J connectivity index is 1.58. The minimum Gasteiger partial charge on any atom is -0.497 e. The van der Waals surface area contributed by atoms with Crippen molar-refractivity contribution in [1.29, 1.82) is 0 Å². The number of methoxy groups -OCH3 is 1. The highest BCUT2D eigenvalue weighted by Crippen LogP contribution is 2.23. The Labute approximate surface area is 176 Å². The number of anilines is 1. The maximum Gasteiger partial charge on any atom is 0.180 e. The molecule has 1 N–H and O–H groups in total. The van der Waals surface area contributed by atoms with Crippen LogP contribution in [0, 0.1) is 6.92 Å². The zero-order valence-corrected chi connectivity index (χ0v) is 17.0. The Bertz CT molecular complexity index is 1110. The number of aryl methyl sites for hydroxylation is 1. The second-order valence-corrected chi connectivity index (χ2v) is 6.89. The summed E-state index contributed by atoms with van der Waals surface area (Å²) < 4.78 is 5.22. The van der Waals surface area contributed by atoms with E-state index in [1.807, 2.05) is 55.5 Å². The lowest BCUT2D eigenvalue weighted by molar-refractivity contribution is 0.414. The number of aromatic nitrogens is 4. The number of hydrogen-bond donors (Lipinski definition) is 1. The van der Waals surface area contributed by atoms with Gasteiger partial charge in [-0.3, -0.25) is 4.98 Å². The first-order valence-electron chi connectivity index (χ1n) is 9.81. The first kappa shape index (κ1) is 19.5. The molecule has 0 aliphatic carbocycles. The van der Waals surface area contributed by atoms with Crippen molar-refractivity contribution in [2.45, 2.75) is 13.3 Å². The molecule has 6 nitrogen and oxygen atoms in total. The average Bonchev–Trinajstić information content (AvgIpc) is 2.80. The van der Waals surface area contributed by atoms with Crippen LogP contribution >= 0.6 is 0 Å². The van der Waals surface area contributed by atoms with Gasteiger partial charge in [-0.25, -0.2) is 15.0 Å². The smallest absolute Gasteiger partial charge is 0.180 e. The first-order chi connectivity index (χ1) is 14.7. The minimum absolute atomic E-state index is 0.590. The molecule has 0 unspecified atom stereocenters. The zero-order chi connectivity index (χ0) is 20.8. The Morgan fingerprint density at radius 2 is 1.77 bits per heavy atom. The fraction of sp³-hybridized carbons (Fsp3) is 0.167. The van der Waals surface area contributed by atoms with Gasteiger partial charge < -0.3 is 10.1 Å². The number of nitrogens with one attached hydrogen (secondary N) is 1. The summed E-state index contributed by atoms with van der Waals surface area (Å²) in [7, 11) is 1.67. The summed E-state index contributed by atoms with van der Waals surface area (Å²) in [6.45, 7) is 2.71. The van der Waals surface area contributed by atoms with Gasteiger partial charge in [-0.05, 0) is 55.3 Å². The van der Waals surface area contributed by atoms with Gasteiger partial charge in [-0.1, -0.05) is 18.2 Å². The molecule has 6 heteroatoms. The summed E-state index contributed by atoms with van der Waals surface area (Å²) in [5.74, 6) is 2.21. The van der Waals surface area contributed by atoms with Crippen molar-refractivity contribution in [3.05, 3.63) is 84.3 Å². The van der Waals surface area contributed by atoms with Gasteiger partial charge in [0.25, 0.3) is 0 Å². The molecule has 0 saturated carbocycles. The van der Waals surface area contributed by atoms with E-state index in [1.54, 1.807) is 19.5 Å². The Morgan fingerprint density at radius 3 is 2.50 bits per heavy atom. The van der Waals surface area contributed by atoms with Crippen LogP contribution < -0.4 is 10.1 Å². The van der Waals surface area contributed by atoms with E-state index < -0.39 is 0 Å². The van der Waals surface area contributed by atoms with Crippen LogP contribution in [0.4, 0.5) is 5.82 Å². The molecule has 4 rings (SSSR count). The van der Waals surface area contributed by atoms with E-state index in [9.17, 15) is 0 Å². The fourth-order valence-electron chi connectivity index (χ4n) is 3.11. The van der Waals surface area contributed by atoms with Crippen molar-refractivity contribution >= 4 is 5.82 Å².